The van der Waals surface area contributed by atoms with Crippen LogP contribution in [-0.2, 0) is 9.31 Å². The van der Waals surface area contributed by atoms with Crippen molar-refractivity contribution in [2.75, 3.05) is 0 Å². The molecule has 102 valence electrons. The van der Waals surface area contributed by atoms with Gasteiger partial charge in [0.15, 0.2) is 0 Å². The zero-order valence-corrected chi connectivity index (χ0v) is 12.8. The van der Waals surface area contributed by atoms with Crippen LogP contribution in [0.2, 0.25) is 0 Å². The minimum Gasteiger partial charge on any atom is -0.400 e. The summed E-state index contributed by atoms with van der Waals surface area (Å²) < 4.78 is 11.9. The Labute approximate surface area is 117 Å². The first-order chi connectivity index (χ1) is 8.71. The van der Waals surface area contributed by atoms with E-state index in [2.05, 4.69) is 65.8 Å². The van der Waals surface area contributed by atoms with Crippen molar-refractivity contribution in [2.45, 2.75) is 52.7 Å². The van der Waals surface area contributed by atoms with Crippen LogP contribution in [0.15, 0.2) is 24.2 Å². The summed E-state index contributed by atoms with van der Waals surface area (Å²) in [6.45, 7) is 12.5. The fourth-order valence-electron chi connectivity index (χ4n) is 2.09. The van der Waals surface area contributed by atoms with Gasteiger partial charge in [0.25, 0.3) is 0 Å². The molecule has 0 N–H and O–H groups in total. The minimum atomic E-state index is -0.274. The van der Waals surface area contributed by atoms with Crippen molar-refractivity contribution in [3.05, 3.63) is 40.9 Å². The quantitative estimate of drug-likeness (QED) is 0.748. The van der Waals surface area contributed by atoms with E-state index in [1.54, 1.807) is 0 Å². The molecule has 1 saturated heterocycles. The van der Waals surface area contributed by atoms with Crippen LogP contribution in [0, 0.1) is 13.8 Å². The topological polar surface area (TPSA) is 18.5 Å². The lowest BCUT2D eigenvalue weighted by molar-refractivity contribution is 0.00578. The van der Waals surface area contributed by atoms with E-state index in [-0.39, 0.29) is 18.3 Å². The number of hydrogen-bond donors (Lipinski definition) is 0. The van der Waals surface area contributed by atoms with Gasteiger partial charge in [-0.05, 0) is 52.7 Å². The number of hydrogen-bond acceptors (Lipinski definition) is 2. The van der Waals surface area contributed by atoms with E-state index in [4.69, 9.17) is 9.31 Å². The van der Waals surface area contributed by atoms with E-state index in [0.29, 0.717) is 0 Å². The Morgan fingerprint density at radius 2 is 1.58 bits per heavy atom. The van der Waals surface area contributed by atoms with Crippen LogP contribution in [0.5, 0.6) is 0 Å². The molecule has 1 aromatic carbocycles. The Bertz CT molecular complexity index is 487. The van der Waals surface area contributed by atoms with Gasteiger partial charge in [0.05, 0.1) is 11.2 Å². The van der Waals surface area contributed by atoms with Crippen LogP contribution in [0.25, 0.3) is 6.08 Å². The van der Waals surface area contributed by atoms with Crippen LogP contribution in [0.1, 0.15) is 44.4 Å². The van der Waals surface area contributed by atoms with Crippen LogP contribution in [0.3, 0.4) is 0 Å². The van der Waals surface area contributed by atoms with Gasteiger partial charge >= 0.3 is 7.12 Å². The first-order valence-electron chi connectivity index (χ1n) is 6.82. The van der Waals surface area contributed by atoms with E-state index in [0.717, 1.165) is 0 Å². The van der Waals surface area contributed by atoms with Crippen molar-refractivity contribution in [3.63, 3.8) is 0 Å². The molecule has 3 heteroatoms. The normalized spacial score (nSPS) is 21.3. The summed E-state index contributed by atoms with van der Waals surface area (Å²) >= 11 is 0. The van der Waals surface area contributed by atoms with Gasteiger partial charge in [-0.2, -0.15) is 0 Å². The summed E-state index contributed by atoms with van der Waals surface area (Å²) in [5.74, 6) is 2.00. The van der Waals surface area contributed by atoms with Gasteiger partial charge in [0, 0.05) is 0 Å². The maximum absolute atomic E-state index is 5.95. The second kappa shape index (κ2) is 4.80. The fourth-order valence-corrected chi connectivity index (χ4v) is 2.09. The van der Waals surface area contributed by atoms with Gasteiger partial charge in [-0.25, -0.2) is 0 Å². The zero-order valence-electron chi connectivity index (χ0n) is 12.8. The molecule has 0 bridgehead atoms. The van der Waals surface area contributed by atoms with Crippen molar-refractivity contribution in [3.8, 4) is 0 Å². The predicted molar refractivity (Wildman–Crippen MR) is 81.0 cm³/mol. The lowest BCUT2D eigenvalue weighted by Gasteiger charge is -2.32. The van der Waals surface area contributed by atoms with Gasteiger partial charge in [0.1, 0.15) is 0 Å². The molecule has 0 unspecified atom stereocenters. The molecule has 0 amide bonds. The van der Waals surface area contributed by atoms with Crippen molar-refractivity contribution in [1.29, 1.82) is 0 Å². The molecule has 1 fully saturated rings. The van der Waals surface area contributed by atoms with Gasteiger partial charge in [-0.15, -0.1) is 0 Å². The molecule has 1 aromatic rings. The van der Waals surface area contributed by atoms with Gasteiger partial charge in [-0.3, -0.25) is 0 Å². The summed E-state index contributed by atoms with van der Waals surface area (Å²) in [6.07, 6.45) is 2.09. The maximum atomic E-state index is 5.95. The Kier molecular flexibility index (Phi) is 3.63. The molecule has 0 saturated carbocycles. The third kappa shape index (κ3) is 2.93. The highest BCUT2D eigenvalue weighted by Crippen LogP contribution is 2.37. The van der Waals surface area contributed by atoms with Gasteiger partial charge in [-0.1, -0.05) is 35.8 Å². The largest absolute Gasteiger partial charge is 0.487 e. The predicted octanol–water partition coefficient (Wildman–Crippen LogP) is 3.95. The zero-order chi connectivity index (χ0) is 14.3. The number of aryl methyl sites for hydroxylation is 2. The van der Waals surface area contributed by atoms with E-state index >= 15 is 0 Å². The average Bonchev–Trinajstić information content (AvgIpc) is 2.49. The molecule has 1 aliphatic heterocycles. The standard InChI is InChI=1S/C16H23BO2/c1-12-7-8-13(2)14(11-12)9-10-17-18-15(3,4)16(5,6)19-17/h7-11H,1-6H3/b10-9+. The van der Waals surface area contributed by atoms with Crippen molar-refractivity contribution in [2.24, 2.45) is 0 Å². The second-order valence-corrected chi connectivity index (χ2v) is 6.34. The van der Waals surface area contributed by atoms with E-state index in [9.17, 15) is 0 Å². The molecular weight excluding hydrogens is 235 g/mol. The third-order valence-corrected chi connectivity index (χ3v) is 4.14. The summed E-state index contributed by atoms with van der Waals surface area (Å²) in [5, 5.41) is 0. The maximum Gasteiger partial charge on any atom is 0.487 e. The molecule has 0 radical (unpaired) electrons. The van der Waals surface area contributed by atoms with E-state index in [1.807, 2.05) is 5.98 Å². The SMILES string of the molecule is Cc1ccc(C)c(/C=C/B2OC(C)(C)C(C)(C)O2)c1. The highest BCUT2D eigenvalue weighted by atomic mass is 16.7. The first kappa shape index (κ1) is 14.4. The van der Waals surface area contributed by atoms with Crippen LogP contribution < -0.4 is 0 Å². The molecule has 1 heterocycles. The van der Waals surface area contributed by atoms with E-state index in [1.165, 1.54) is 16.7 Å². The van der Waals surface area contributed by atoms with Gasteiger partial charge < -0.3 is 9.31 Å². The number of benzene rings is 1. The first-order valence-corrected chi connectivity index (χ1v) is 6.82. The summed E-state index contributed by atoms with van der Waals surface area (Å²) in [6, 6.07) is 6.44. The molecule has 0 aliphatic carbocycles. The highest BCUT2D eigenvalue weighted by molar-refractivity contribution is 6.52. The highest BCUT2D eigenvalue weighted by Gasteiger charge is 2.49. The van der Waals surface area contributed by atoms with Crippen LogP contribution in [0.4, 0.5) is 0 Å². The molecule has 19 heavy (non-hydrogen) atoms. The lowest BCUT2D eigenvalue weighted by Crippen LogP contribution is -2.41. The minimum absolute atomic E-state index is 0.273. The molecular formula is C16H23BO2. The van der Waals surface area contributed by atoms with Crippen molar-refractivity contribution >= 4 is 13.2 Å². The summed E-state index contributed by atoms with van der Waals surface area (Å²) in [5.41, 5.74) is 3.19. The summed E-state index contributed by atoms with van der Waals surface area (Å²) in [4.78, 5) is 0. The Morgan fingerprint density at radius 3 is 2.16 bits per heavy atom. The molecule has 0 atom stereocenters. The van der Waals surface area contributed by atoms with Gasteiger partial charge in [0.2, 0.25) is 0 Å². The molecule has 2 nitrogen and oxygen atoms in total. The molecule has 1 aliphatic rings. The Morgan fingerprint density at radius 1 is 1.00 bits per heavy atom. The molecule has 0 spiro atoms. The second-order valence-electron chi connectivity index (χ2n) is 6.34. The Hall–Kier alpha value is -1.06. The number of rotatable bonds is 2. The van der Waals surface area contributed by atoms with Crippen LogP contribution >= 0.6 is 0 Å². The van der Waals surface area contributed by atoms with Crippen molar-refractivity contribution < 1.29 is 9.31 Å². The molecule has 2 rings (SSSR count). The summed E-state index contributed by atoms with van der Waals surface area (Å²) in [7, 11) is -0.273. The lowest BCUT2D eigenvalue weighted by atomic mass is 9.88. The van der Waals surface area contributed by atoms with Crippen molar-refractivity contribution in [1.82, 2.24) is 0 Å². The average molecular weight is 258 g/mol. The molecule has 0 aromatic heterocycles. The van der Waals surface area contributed by atoms with E-state index < -0.39 is 0 Å². The smallest absolute Gasteiger partial charge is 0.400 e. The van der Waals surface area contributed by atoms with Crippen LogP contribution in [-0.4, -0.2) is 18.3 Å². The fraction of sp³-hybridized carbons (Fsp3) is 0.500. The monoisotopic (exact) mass is 258 g/mol. The Balaban J connectivity index is 2.15. The third-order valence-electron chi connectivity index (χ3n) is 4.14.